The summed E-state index contributed by atoms with van der Waals surface area (Å²) >= 11 is 0. The molecule has 3 N–H and O–H groups in total. The minimum Gasteiger partial charge on any atom is -0.493 e. The van der Waals surface area contributed by atoms with Crippen LogP contribution in [0, 0.1) is 5.41 Å². The van der Waals surface area contributed by atoms with Crippen LogP contribution in [-0.2, 0) is 16.6 Å². The van der Waals surface area contributed by atoms with Crippen LogP contribution in [-0.4, -0.2) is 21.1 Å². The van der Waals surface area contributed by atoms with Crippen molar-refractivity contribution in [2.75, 3.05) is 6.61 Å². The molecule has 5 nitrogen and oxygen atoms in total. The first-order chi connectivity index (χ1) is 9.80. The number of benzene rings is 1. The topological polar surface area (TPSA) is 81.4 Å². The molecule has 2 rings (SSSR count). The van der Waals surface area contributed by atoms with E-state index in [1.807, 2.05) is 20.8 Å². The van der Waals surface area contributed by atoms with Gasteiger partial charge in [-0.1, -0.05) is 20.8 Å². The summed E-state index contributed by atoms with van der Waals surface area (Å²) < 4.78 is 33.1. The molecule has 0 aromatic heterocycles. The van der Waals surface area contributed by atoms with E-state index in [0.717, 1.165) is 12.8 Å². The fourth-order valence-electron chi connectivity index (χ4n) is 2.16. The average Bonchev–Trinajstić information content (AvgIpc) is 3.01. The van der Waals surface area contributed by atoms with Gasteiger partial charge >= 0.3 is 0 Å². The van der Waals surface area contributed by atoms with Gasteiger partial charge in [0.25, 0.3) is 0 Å². The van der Waals surface area contributed by atoms with Gasteiger partial charge in [0.2, 0.25) is 10.0 Å². The third-order valence-electron chi connectivity index (χ3n) is 3.83. The van der Waals surface area contributed by atoms with Crippen LogP contribution in [0.15, 0.2) is 23.1 Å². The van der Waals surface area contributed by atoms with E-state index in [9.17, 15) is 8.42 Å². The molecule has 1 aliphatic carbocycles. The lowest BCUT2D eigenvalue weighted by atomic mass is 10.2. The molecule has 0 amide bonds. The van der Waals surface area contributed by atoms with Crippen LogP contribution in [0.5, 0.6) is 5.75 Å². The van der Waals surface area contributed by atoms with Crippen LogP contribution in [0.25, 0.3) is 0 Å². The Balaban J connectivity index is 2.19. The highest BCUT2D eigenvalue weighted by Gasteiger charge is 2.47. The largest absolute Gasteiger partial charge is 0.493 e. The van der Waals surface area contributed by atoms with Crippen LogP contribution in [0.2, 0.25) is 0 Å². The normalized spacial score (nSPS) is 20.3. The Hall–Kier alpha value is -1.11. The summed E-state index contributed by atoms with van der Waals surface area (Å²) in [6, 6.07) is 4.87. The van der Waals surface area contributed by atoms with Crippen molar-refractivity contribution in [3.8, 4) is 5.75 Å². The fraction of sp³-hybridized carbons (Fsp3) is 0.600. The summed E-state index contributed by atoms with van der Waals surface area (Å²) in [4.78, 5) is 0.245. The summed E-state index contributed by atoms with van der Waals surface area (Å²) in [5.41, 5.74) is 6.46. The Morgan fingerprint density at radius 2 is 2.10 bits per heavy atom. The molecule has 1 unspecified atom stereocenters. The predicted octanol–water partition coefficient (Wildman–Crippen LogP) is 2.01. The van der Waals surface area contributed by atoms with Crippen molar-refractivity contribution < 1.29 is 13.2 Å². The van der Waals surface area contributed by atoms with E-state index in [2.05, 4.69) is 4.72 Å². The number of nitrogens with one attached hydrogen (secondary N) is 1. The molecule has 21 heavy (non-hydrogen) atoms. The third kappa shape index (κ3) is 3.75. The second-order valence-corrected chi connectivity index (χ2v) is 7.90. The maximum absolute atomic E-state index is 12.4. The Kier molecular flexibility index (Phi) is 4.60. The SMILES string of the molecule is CCCOc1ccc(S(=O)(=O)NC2CC2(C)C)cc1CN. The summed E-state index contributed by atoms with van der Waals surface area (Å²) in [6.07, 6.45) is 1.76. The molecule has 0 saturated heterocycles. The molecule has 1 aromatic carbocycles. The molecule has 1 fully saturated rings. The van der Waals surface area contributed by atoms with Gasteiger partial charge in [0.05, 0.1) is 11.5 Å². The van der Waals surface area contributed by atoms with Crippen LogP contribution in [0.3, 0.4) is 0 Å². The molecular formula is C15H24N2O3S. The van der Waals surface area contributed by atoms with E-state index in [1.54, 1.807) is 18.2 Å². The highest BCUT2D eigenvalue weighted by atomic mass is 32.2. The lowest BCUT2D eigenvalue weighted by Gasteiger charge is -2.13. The number of rotatable bonds is 7. The quantitative estimate of drug-likeness (QED) is 0.807. The van der Waals surface area contributed by atoms with E-state index in [0.29, 0.717) is 17.9 Å². The van der Waals surface area contributed by atoms with E-state index >= 15 is 0 Å². The van der Waals surface area contributed by atoms with E-state index in [1.165, 1.54) is 0 Å². The monoisotopic (exact) mass is 312 g/mol. The zero-order chi connectivity index (χ0) is 15.7. The summed E-state index contributed by atoms with van der Waals surface area (Å²) in [5.74, 6) is 0.657. The van der Waals surface area contributed by atoms with Crippen molar-refractivity contribution in [1.82, 2.24) is 4.72 Å². The van der Waals surface area contributed by atoms with E-state index < -0.39 is 10.0 Å². The maximum atomic E-state index is 12.4. The number of hydrogen-bond donors (Lipinski definition) is 2. The summed E-state index contributed by atoms with van der Waals surface area (Å²) in [5, 5.41) is 0. The van der Waals surface area contributed by atoms with Gasteiger partial charge in [0.15, 0.2) is 0 Å². The Labute approximate surface area is 126 Å². The Morgan fingerprint density at radius 1 is 1.43 bits per heavy atom. The minimum absolute atomic E-state index is 0.0137. The number of nitrogens with two attached hydrogens (primary N) is 1. The van der Waals surface area contributed by atoms with Crippen LogP contribution >= 0.6 is 0 Å². The van der Waals surface area contributed by atoms with Crippen LogP contribution in [0.1, 0.15) is 39.2 Å². The first-order valence-electron chi connectivity index (χ1n) is 7.28. The smallest absolute Gasteiger partial charge is 0.240 e. The summed E-state index contributed by atoms with van der Waals surface area (Å²) in [7, 11) is -3.50. The first kappa shape index (κ1) is 16.3. The Morgan fingerprint density at radius 3 is 2.62 bits per heavy atom. The molecule has 0 radical (unpaired) electrons. The molecule has 0 spiro atoms. The number of sulfonamides is 1. The highest BCUT2D eigenvalue weighted by molar-refractivity contribution is 7.89. The van der Waals surface area contributed by atoms with Gasteiger partial charge < -0.3 is 10.5 Å². The lowest BCUT2D eigenvalue weighted by molar-refractivity contribution is 0.314. The van der Waals surface area contributed by atoms with Crippen molar-refractivity contribution in [2.45, 2.75) is 51.1 Å². The second kappa shape index (κ2) is 5.94. The van der Waals surface area contributed by atoms with Gasteiger partial charge in [-0.3, -0.25) is 0 Å². The standard InChI is InChI=1S/C15H24N2O3S/c1-4-7-20-13-6-5-12(8-11(13)10-16)21(18,19)17-14-9-15(14,2)3/h5-6,8,14,17H,4,7,9-10,16H2,1-3H3. The number of ether oxygens (including phenoxy) is 1. The van der Waals surface area contributed by atoms with Gasteiger partial charge in [-0.05, 0) is 36.5 Å². The first-order valence-corrected chi connectivity index (χ1v) is 8.76. The molecule has 1 aliphatic rings. The molecule has 6 heteroatoms. The third-order valence-corrected chi connectivity index (χ3v) is 5.30. The molecule has 0 heterocycles. The van der Waals surface area contributed by atoms with Crippen molar-refractivity contribution in [3.05, 3.63) is 23.8 Å². The predicted molar refractivity (Wildman–Crippen MR) is 82.6 cm³/mol. The molecule has 0 bridgehead atoms. The highest BCUT2D eigenvalue weighted by Crippen LogP contribution is 2.45. The van der Waals surface area contributed by atoms with Gasteiger partial charge in [-0.15, -0.1) is 0 Å². The summed E-state index contributed by atoms with van der Waals surface area (Å²) in [6.45, 7) is 6.95. The molecule has 1 saturated carbocycles. The average molecular weight is 312 g/mol. The van der Waals surface area contributed by atoms with Gasteiger partial charge in [0.1, 0.15) is 5.75 Å². The van der Waals surface area contributed by atoms with Gasteiger partial charge in [0, 0.05) is 18.2 Å². The molecular weight excluding hydrogens is 288 g/mol. The minimum atomic E-state index is -3.50. The number of hydrogen-bond acceptors (Lipinski definition) is 4. The molecule has 0 aliphatic heterocycles. The van der Waals surface area contributed by atoms with Crippen molar-refractivity contribution in [3.63, 3.8) is 0 Å². The molecule has 1 aromatic rings. The zero-order valence-electron chi connectivity index (χ0n) is 12.8. The molecule has 118 valence electrons. The van der Waals surface area contributed by atoms with E-state index in [4.69, 9.17) is 10.5 Å². The molecule has 1 atom stereocenters. The zero-order valence-corrected chi connectivity index (χ0v) is 13.7. The fourth-order valence-corrected chi connectivity index (χ4v) is 3.62. The maximum Gasteiger partial charge on any atom is 0.240 e. The van der Waals surface area contributed by atoms with Crippen molar-refractivity contribution in [2.24, 2.45) is 11.1 Å². The van der Waals surface area contributed by atoms with Crippen molar-refractivity contribution >= 4 is 10.0 Å². The Bertz CT molecular complexity index is 611. The second-order valence-electron chi connectivity index (χ2n) is 6.19. The van der Waals surface area contributed by atoms with Crippen molar-refractivity contribution in [1.29, 1.82) is 0 Å². The van der Waals surface area contributed by atoms with Crippen LogP contribution in [0.4, 0.5) is 0 Å². The van der Waals surface area contributed by atoms with Crippen LogP contribution < -0.4 is 15.2 Å². The lowest BCUT2D eigenvalue weighted by Crippen LogP contribution is -2.28. The van der Waals surface area contributed by atoms with Gasteiger partial charge in [-0.25, -0.2) is 13.1 Å². The van der Waals surface area contributed by atoms with E-state index in [-0.39, 0.29) is 22.9 Å². The van der Waals surface area contributed by atoms with Gasteiger partial charge in [-0.2, -0.15) is 0 Å².